The number of carbonyl (C=O) groups excluding carboxylic acids is 1. The lowest BCUT2D eigenvalue weighted by Crippen LogP contribution is -2.16. The molecule has 0 heterocycles. The molecule has 1 atom stereocenters. The first-order valence-electron chi connectivity index (χ1n) is 6.04. The summed E-state index contributed by atoms with van der Waals surface area (Å²) < 4.78 is 19.8. The Morgan fingerprint density at radius 3 is 2.00 bits per heavy atom. The second-order valence-electron chi connectivity index (χ2n) is 4.34. The van der Waals surface area contributed by atoms with Gasteiger partial charge in [0.05, 0.1) is 26.1 Å². The third-order valence-electron chi connectivity index (χ3n) is 2.85. The molecule has 0 saturated carbocycles. The molecule has 1 unspecified atom stereocenters. The normalized spacial score (nSPS) is 11.8. The third-order valence-corrected chi connectivity index (χ3v) is 4.25. The van der Waals surface area contributed by atoms with E-state index in [1.807, 2.05) is 0 Å². The van der Waals surface area contributed by atoms with Gasteiger partial charge in [-0.2, -0.15) is 0 Å². The average Bonchev–Trinajstić information content (AvgIpc) is 2.49. The van der Waals surface area contributed by atoms with E-state index in [0.717, 1.165) is 6.07 Å². The number of anilines is 1. The third kappa shape index (κ3) is 4.08. The maximum absolute atomic E-state index is 12.2. The highest BCUT2D eigenvalue weighted by Gasteiger charge is 2.19. The Labute approximate surface area is 143 Å². The number of carboxylic acid groups (broad SMARTS) is 1. The molecule has 0 radical (unpaired) electrons. The number of halogens is 2. The molecule has 0 bridgehead atoms. The number of benzene rings is 2. The van der Waals surface area contributed by atoms with Crippen LogP contribution in [-0.2, 0) is 11.1 Å². The van der Waals surface area contributed by atoms with Gasteiger partial charge in [-0.25, -0.2) is 9.00 Å². The van der Waals surface area contributed by atoms with Gasteiger partial charge in [0.2, 0.25) is 0 Å². The quantitative estimate of drug-likeness (QED) is 0.711. The zero-order valence-electron chi connectivity index (χ0n) is 11.2. The van der Waals surface area contributed by atoms with Crippen LogP contribution in [0, 0.1) is 0 Å². The minimum Gasteiger partial charge on any atom is -0.478 e. The molecule has 0 aliphatic carbocycles. The summed E-state index contributed by atoms with van der Waals surface area (Å²) >= 11 is 9.47. The molecule has 0 aliphatic heterocycles. The number of rotatable bonds is 4. The van der Waals surface area contributed by atoms with Gasteiger partial charge in [0.25, 0.3) is 5.91 Å². The highest BCUT2D eigenvalue weighted by Crippen LogP contribution is 2.27. The molecule has 9 heteroatoms. The lowest BCUT2D eigenvalue weighted by Gasteiger charge is -2.09. The summed E-state index contributed by atoms with van der Waals surface area (Å²) in [5.41, 5.74) is -0.113. The molecule has 2 rings (SSSR count). The monoisotopic (exact) mass is 373 g/mol. The maximum Gasteiger partial charge on any atom is 0.336 e. The fraction of sp³-hybridized carbons (Fsp3) is 0. The van der Waals surface area contributed by atoms with E-state index in [9.17, 15) is 13.8 Å². The average molecular weight is 374 g/mol. The fourth-order valence-electron chi connectivity index (χ4n) is 1.76. The molecule has 0 aromatic heterocycles. The van der Waals surface area contributed by atoms with Gasteiger partial charge in [0.1, 0.15) is 0 Å². The number of amides is 1. The van der Waals surface area contributed by atoms with Gasteiger partial charge >= 0.3 is 5.97 Å². The van der Waals surface area contributed by atoms with E-state index in [2.05, 4.69) is 5.32 Å². The summed E-state index contributed by atoms with van der Waals surface area (Å²) in [4.78, 5) is 23.6. The minimum atomic E-state index is -2.12. The molecule has 0 aliphatic rings. The molecular weight excluding hydrogens is 365 g/mol. The Bertz CT molecular complexity index is 808. The molecule has 1 amide bonds. The van der Waals surface area contributed by atoms with Crippen LogP contribution in [0.25, 0.3) is 0 Å². The van der Waals surface area contributed by atoms with Gasteiger partial charge in [0, 0.05) is 5.69 Å². The van der Waals surface area contributed by atoms with Crippen molar-refractivity contribution in [3.63, 3.8) is 0 Å². The molecule has 0 spiro atoms. The van der Waals surface area contributed by atoms with E-state index in [0.29, 0.717) is 5.69 Å². The summed E-state index contributed by atoms with van der Waals surface area (Å²) in [5.74, 6) is -2.02. The zero-order chi connectivity index (χ0) is 17.1. The number of aromatic carboxylic acids is 1. The van der Waals surface area contributed by atoms with Crippen LogP contribution in [0.4, 0.5) is 5.69 Å². The Kier molecular flexibility index (Phi) is 5.38. The summed E-state index contributed by atoms with van der Waals surface area (Å²) in [7, 11) is 0. The molecule has 120 valence electrons. The number of hydrogen-bond acceptors (Lipinski definition) is 3. The van der Waals surface area contributed by atoms with Crippen molar-refractivity contribution in [2.45, 2.75) is 4.90 Å². The van der Waals surface area contributed by atoms with Crippen LogP contribution in [0.3, 0.4) is 0 Å². The number of carboxylic acids is 1. The topological polar surface area (TPSA) is 104 Å². The highest BCUT2D eigenvalue weighted by atomic mass is 35.5. The lowest BCUT2D eigenvalue weighted by molar-refractivity contribution is 0.0692. The Morgan fingerprint density at radius 1 is 1.00 bits per heavy atom. The van der Waals surface area contributed by atoms with Crippen molar-refractivity contribution in [2.75, 3.05) is 5.32 Å². The van der Waals surface area contributed by atoms with Crippen LogP contribution in [0.15, 0.2) is 41.3 Å². The molecule has 3 N–H and O–H groups in total. The molecular formula is C14H9Cl2NO5S. The van der Waals surface area contributed by atoms with Crippen molar-refractivity contribution in [1.82, 2.24) is 0 Å². The van der Waals surface area contributed by atoms with E-state index in [4.69, 9.17) is 32.9 Å². The summed E-state index contributed by atoms with van der Waals surface area (Å²) in [6, 6.07) is 7.81. The molecule has 0 fully saturated rings. The first-order chi connectivity index (χ1) is 10.8. The van der Waals surface area contributed by atoms with E-state index in [-0.39, 0.29) is 26.1 Å². The van der Waals surface area contributed by atoms with Crippen molar-refractivity contribution in [3.8, 4) is 0 Å². The Morgan fingerprint density at radius 2 is 1.52 bits per heavy atom. The highest BCUT2D eigenvalue weighted by molar-refractivity contribution is 7.79. The van der Waals surface area contributed by atoms with Gasteiger partial charge < -0.3 is 15.0 Å². The van der Waals surface area contributed by atoms with Crippen LogP contribution in [-0.4, -0.2) is 25.7 Å². The van der Waals surface area contributed by atoms with Crippen molar-refractivity contribution in [2.24, 2.45) is 0 Å². The molecule has 23 heavy (non-hydrogen) atoms. The van der Waals surface area contributed by atoms with E-state index >= 15 is 0 Å². The standard InChI is InChI=1S/C14H9Cl2NO5S/c15-11-5-9(10(14(19)20)6-12(11)16)13(18)17-7-1-3-8(4-2-7)23(21)22/h1-6H,(H,17,18)(H,19,20)(H,21,22). The molecule has 6 nitrogen and oxygen atoms in total. The van der Waals surface area contributed by atoms with Gasteiger partial charge in [0.15, 0.2) is 11.1 Å². The SMILES string of the molecule is O=C(O)c1cc(Cl)c(Cl)cc1C(=O)Nc1ccc(S(=O)O)cc1. The van der Waals surface area contributed by atoms with Crippen LogP contribution < -0.4 is 5.32 Å². The minimum absolute atomic E-state index is 0.0235. The van der Waals surface area contributed by atoms with Crippen LogP contribution in [0.5, 0.6) is 0 Å². The zero-order valence-corrected chi connectivity index (χ0v) is 13.6. The van der Waals surface area contributed by atoms with Crippen LogP contribution in [0.1, 0.15) is 20.7 Å². The molecule has 0 saturated heterocycles. The first-order valence-corrected chi connectivity index (χ1v) is 7.90. The van der Waals surface area contributed by atoms with Gasteiger partial charge in [-0.05, 0) is 36.4 Å². The van der Waals surface area contributed by atoms with Crippen LogP contribution in [0.2, 0.25) is 10.0 Å². The fourth-order valence-corrected chi connectivity index (χ4v) is 2.46. The van der Waals surface area contributed by atoms with Gasteiger partial charge in [-0.1, -0.05) is 23.2 Å². The van der Waals surface area contributed by atoms with Crippen molar-refractivity contribution in [1.29, 1.82) is 0 Å². The van der Waals surface area contributed by atoms with E-state index < -0.39 is 23.0 Å². The Hall–Kier alpha value is -1.93. The largest absolute Gasteiger partial charge is 0.478 e. The number of carbonyl (C=O) groups is 2. The van der Waals surface area contributed by atoms with Crippen LogP contribution >= 0.6 is 23.2 Å². The summed E-state index contributed by atoms with van der Waals surface area (Å²) in [5, 5.41) is 11.7. The lowest BCUT2D eigenvalue weighted by atomic mass is 10.1. The molecule has 2 aromatic rings. The smallest absolute Gasteiger partial charge is 0.336 e. The summed E-state index contributed by atoms with van der Waals surface area (Å²) in [6.07, 6.45) is 0. The Balaban J connectivity index is 2.32. The number of nitrogens with one attached hydrogen (secondary N) is 1. The predicted molar refractivity (Wildman–Crippen MR) is 86.9 cm³/mol. The van der Waals surface area contributed by atoms with E-state index in [1.54, 1.807) is 0 Å². The molecule has 2 aromatic carbocycles. The van der Waals surface area contributed by atoms with Crippen molar-refractivity contribution in [3.05, 3.63) is 57.6 Å². The van der Waals surface area contributed by atoms with Gasteiger partial charge in [-0.3, -0.25) is 4.79 Å². The second-order valence-corrected chi connectivity index (χ2v) is 6.13. The van der Waals surface area contributed by atoms with E-state index in [1.165, 1.54) is 30.3 Å². The summed E-state index contributed by atoms with van der Waals surface area (Å²) in [6.45, 7) is 0. The number of hydrogen-bond donors (Lipinski definition) is 3. The van der Waals surface area contributed by atoms with Crippen molar-refractivity contribution < 1.29 is 23.5 Å². The van der Waals surface area contributed by atoms with Gasteiger partial charge in [-0.15, -0.1) is 0 Å². The predicted octanol–water partition coefficient (Wildman–Crippen LogP) is 3.52. The first kappa shape index (κ1) is 17.4. The second kappa shape index (κ2) is 7.10. The maximum atomic E-state index is 12.2. The van der Waals surface area contributed by atoms with Crippen molar-refractivity contribution >= 4 is 51.8 Å².